The van der Waals surface area contributed by atoms with Crippen LogP contribution in [-0.4, -0.2) is 4.57 Å². The van der Waals surface area contributed by atoms with Gasteiger partial charge in [-0.1, -0.05) is 140 Å². The molecule has 0 N–H and O–H groups in total. The van der Waals surface area contributed by atoms with E-state index >= 15 is 0 Å². The maximum Gasteiger partial charge on any atom is 0.135 e. The summed E-state index contributed by atoms with van der Waals surface area (Å²) in [6.45, 7) is 0. The van der Waals surface area contributed by atoms with E-state index in [0.29, 0.717) is 0 Å². The van der Waals surface area contributed by atoms with E-state index in [-0.39, 0.29) is 0 Å². The molecule has 0 aliphatic rings. The second-order valence-electron chi connectivity index (χ2n) is 12.9. The fourth-order valence-electron chi connectivity index (χ4n) is 7.58. The highest BCUT2D eigenvalue weighted by Crippen LogP contribution is 2.39. The Morgan fingerprint density at radius 1 is 0.300 bits per heavy atom. The van der Waals surface area contributed by atoms with Crippen LogP contribution in [0.4, 0.5) is 0 Å². The van der Waals surface area contributed by atoms with Crippen molar-refractivity contribution < 1.29 is 4.42 Å². The van der Waals surface area contributed by atoms with Gasteiger partial charge in [0.15, 0.2) is 0 Å². The lowest BCUT2D eigenvalue weighted by atomic mass is 9.97. The van der Waals surface area contributed by atoms with E-state index in [2.05, 4.69) is 180 Å². The van der Waals surface area contributed by atoms with Gasteiger partial charge < -0.3 is 8.98 Å². The zero-order chi connectivity index (χ0) is 33.0. The third-order valence-corrected chi connectivity index (χ3v) is 10.0. The summed E-state index contributed by atoms with van der Waals surface area (Å²) in [6, 6.07) is 67.6. The Morgan fingerprint density at radius 2 is 0.840 bits per heavy atom. The maximum absolute atomic E-state index is 6.11. The van der Waals surface area contributed by atoms with Crippen molar-refractivity contribution in [2.24, 2.45) is 0 Å². The van der Waals surface area contributed by atoms with Gasteiger partial charge in [0.2, 0.25) is 0 Å². The Labute approximate surface area is 290 Å². The molecule has 0 amide bonds. The van der Waals surface area contributed by atoms with Crippen LogP contribution < -0.4 is 0 Å². The first-order valence-electron chi connectivity index (χ1n) is 17.1. The van der Waals surface area contributed by atoms with E-state index < -0.39 is 0 Å². The number of para-hydroxylation sites is 3. The van der Waals surface area contributed by atoms with Gasteiger partial charge in [-0.05, 0) is 87.5 Å². The van der Waals surface area contributed by atoms with E-state index in [1.807, 2.05) is 12.1 Å². The number of aromatic nitrogens is 1. The van der Waals surface area contributed by atoms with Crippen molar-refractivity contribution in [3.63, 3.8) is 0 Å². The molecular formula is C48H31NO. The fourth-order valence-corrected chi connectivity index (χ4v) is 7.58. The molecule has 0 fully saturated rings. The molecule has 2 heterocycles. The highest BCUT2D eigenvalue weighted by atomic mass is 16.3. The SMILES string of the molecule is c1ccc(-c2ccc(-c3ccc4c(c3)c3ccccc3n4-c3ccccc3-c3cccc(-c4ccc5oc6ccccc6c5c4)c3)cc2)cc1. The predicted molar refractivity (Wildman–Crippen MR) is 210 cm³/mol. The Kier molecular flexibility index (Phi) is 6.53. The average molecular weight is 638 g/mol. The van der Waals surface area contributed by atoms with Gasteiger partial charge in [-0.2, -0.15) is 0 Å². The van der Waals surface area contributed by atoms with Crippen molar-refractivity contribution in [3.8, 4) is 50.2 Å². The minimum atomic E-state index is 0.912. The highest BCUT2D eigenvalue weighted by Gasteiger charge is 2.17. The van der Waals surface area contributed by atoms with Crippen LogP contribution in [0.5, 0.6) is 0 Å². The van der Waals surface area contributed by atoms with Gasteiger partial charge in [0.25, 0.3) is 0 Å². The number of hydrogen-bond donors (Lipinski definition) is 0. The van der Waals surface area contributed by atoms with Gasteiger partial charge in [-0.3, -0.25) is 0 Å². The Hall–Kier alpha value is -6.64. The molecule has 8 aromatic carbocycles. The van der Waals surface area contributed by atoms with Crippen molar-refractivity contribution in [1.82, 2.24) is 4.57 Å². The standard InChI is InChI=1S/C48H31NO/c1-2-11-32(12-3-1)33-21-23-34(24-22-33)36-25-27-46-42(30-36)40-16-5-8-19-45(40)49(46)44-18-7-4-15-39(44)38-14-10-13-35(29-38)37-26-28-48-43(31-37)41-17-6-9-20-47(41)50-48/h1-31H. The average Bonchev–Trinajstić information content (AvgIpc) is 3.73. The lowest BCUT2D eigenvalue weighted by Crippen LogP contribution is -1.97. The van der Waals surface area contributed by atoms with Gasteiger partial charge in [0.05, 0.1) is 16.7 Å². The molecular weight excluding hydrogens is 607 g/mol. The van der Waals surface area contributed by atoms with Gasteiger partial charge in [0, 0.05) is 27.1 Å². The molecule has 2 aromatic heterocycles. The number of rotatable bonds is 5. The molecule has 50 heavy (non-hydrogen) atoms. The molecule has 0 aliphatic heterocycles. The van der Waals surface area contributed by atoms with E-state index in [9.17, 15) is 0 Å². The Morgan fingerprint density at radius 3 is 1.72 bits per heavy atom. The molecule has 0 aliphatic carbocycles. The van der Waals surface area contributed by atoms with Crippen LogP contribution in [0.1, 0.15) is 0 Å². The second-order valence-corrected chi connectivity index (χ2v) is 12.9. The second kappa shape index (κ2) is 11.5. The molecule has 0 saturated carbocycles. The zero-order valence-electron chi connectivity index (χ0n) is 27.3. The first-order chi connectivity index (χ1) is 24.8. The van der Waals surface area contributed by atoms with Gasteiger partial charge in [0.1, 0.15) is 11.2 Å². The van der Waals surface area contributed by atoms with Gasteiger partial charge in [-0.15, -0.1) is 0 Å². The Balaban J connectivity index is 1.08. The number of furan rings is 1. The molecule has 10 rings (SSSR count). The molecule has 2 heteroatoms. The predicted octanol–water partition coefficient (Wildman–Crippen LogP) is 13.4. The molecule has 234 valence electrons. The van der Waals surface area contributed by atoms with Gasteiger partial charge >= 0.3 is 0 Å². The molecule has 0 atom stereocenters. The van der Waals surface area contributed by atoms with Crippen molar-refractivity contribution in [3.05, 3.63) is 188 Å². The van der Waals surface area contributed by atoms with E-state index in [1.165, 1.54) is 66.3 Å². The number of nitrogens with zero attached hydrogens (tertiary/aromatic N) is 1. The quantitative estimate of drug-likeness (QED) is 0.184. The van der Waals surface area contributed by atoms with Crippen LogP contribution in [0.15, 0.2) is 192 Å². The summed E-state index contributed by atoms with van der Waals surface area (Å²) in [5, 5.41) is 4.77. The monoisotopic (exact) mass is 637 g/mol. The molecule has 0 unspecified atom stereocenters. The van der Waals surface area contributed by atoms with Crippen molar-refractivity contribution in [1.29, 1.82) is 0 Å². The summed E-state index contributed by atoms with van der Waals surface area (Å²) in [5.74, 6) is 0. The van der Waals surface area contributed by atoms with Crippen molar-refractivity contribution >= 4 is 43.7 Å². The number of benzene rings is 8. The molecule has 10 aromatic rings. The summed E-state index contributed by atoms with van der Waals surface area (Å²) < 4.78 is 8.54. The van der Waals surface area contributed by atoms with E-state index in [1.54, 1.807) is 0 Å². The third-order valence-electron chi connectivity index (χ3n) is 10.0. The zero-order valence-corrected chi connectivity index (χ0v) is 27.3. The van der Waals surface area contributed by atoms with Crippen LogP contribution >= 0.6 is 0 Å². The highest BCUT2D eigenvalue weighted by molar-refractivity contribution is 6.11. The van der Waals surface area contributed by atoms with Crippen LogP contribution in [0.25, 0.3) is 93.9 Å². The van der Waals surface area contributed by atoms with Crippen molar-refractivity contribution in [2.45, 2.75) is 0 Å². The molecule has 0 radical (unpaired) electrons. The molecule has 2 nitrogen and oxygen atoms in total. The van der Waals surface area contributed by atoms with Crippen LogP contribution in [0.2, 0.25) is 0 Å². The summed E-state index contributed by atoms with van der Waals surface area (Å²) in [5.41, 5.74) is 15.0. The molecule has 0 bridgehead atoms. The topological polar surface area (TPSA) is 18.1 Å². The minimum absolute atomic E-state index is 0.912. The number of hydrogen-bond acceptors (Lipinski definition) is 1. The Bertz CT molecular complexity index is 2850. The first kappa shape index (κ1) is 28.4. The fraction of sp³-hybridized carbons (Fsp3) is 0. The molecule has 0 saturated heterocycles. The van der Waals surface area contributed by atoms with Gasteiger partial charge in [-0.25, -0.2) is 0 Å². The van der Waals surface area contributed by atoms with Crippen molar-refractivity contribution in [2.75, 3.05) is 0 Å². The maximum atomic E-state index is 6.11. The van der Waals surface area contributed by atoms with Crippen LogP contribution in [-0.2, 0) is 0 Å². The minimum Gasteiger partial charge on any atom is -0.456 e. The normalized spacial score (nSPS) is 11.6. The smallest absolute Gasteiger partial charge is 0.135 e. The van der Waals surface area contributed by atoms with E-state index in [0.717, 1.165) is 27.6 Å². The molecule has 0 spiro atoms. The summed E-state index contributed by atoms with van der Waals surface area (Å²) in [4.78, 5) is 0. The lowest BCUT2D eigenvalue weighted by molar-refractivity contribution is 0.669. The summed E-state index contributed by atoms with van der Waals surface area (Å²) in [7, 11) is 0. The van der Waals surface area contributed by atoms with Crippen LogP contribution in [0.3, 0.4) is 0 Å². The summed E-state index contributed by atoms with van der Waals surface area (Å²) in [6.07, 6.45) is 0. The first-order valence-corrected chi connectivity index (χ1v) is 17.1. The number of fused-ring (bicyclic) bond motifs is 6. The van der Waals surface area contributed by atoms with E-state index in [4.69, 9.17) is 4.42 Å². The third kappa shape index (κ3) is 4.65. The lowest BCUT2D eigenvalue weighted by Gasteiger charge is -2.15. The van der Waals surface area contributed by atoms with Crippen LogP contribution in [0, 0.1) is 0 Å². The largest absolute Gasteiger partial charge is 0.456 e. The summed E-state index contributed by atoms with van der Waals surface area (Å²) >= 11 is 0.